The Kier molecular flexibility index (Phi) is 4.72. The highest BCUT2D eigenvalue weighted by Crippen LogP contribution is 2.41. The summed E-state index contributed by atoms with van der Waals surface area (Å²) in [5.74, 6) is -1.41. The number of ether oxygens (including phenoxy) is 1. The van der Waals surface area contributed by atoms with E-state index in [-0.39, 0.29) is 17.7 Å². The maximum absolute atomic E-state index is 12.9. The number of hydrogen-bond acceptors (Lipinski definition) is 3. The van der Waals surface area contributed by atoms with E-state index in [0.29, 0.717) is 17.9 Å². The highest BCUT2D eigenvalue weighted by Gasteiger charge is 2.38. The number of aliphatic carboxylic acids is 1. The van der Waals surface area contributed by atoms with E-state index in [1.165, 1.54) is 0 Å². The van der Waals surface area contributed by atoms with Crippen LogP contribution >= 0.6 is 0 Å². The highest BCUT2D eigenvalue weighted by molar-refractivity contribution is 5.98. The number of fused-ring (bicyclic) bond motifs is 1. The van der Waals surface area contributed by atoms with Gasteiger partial charge in [-0.05, 0) is 29.3 Å². The van der Waals surface area contributed by atoms with Crippen molar-refractivity contribution in [1.82, 2.24) is 0 Å². The fourth-order valence-electron chi connectivity index (χ4n) is 3.54. The molecule has 1 atom stereocenters. The number of carbonyl (C=O) groups excluding carboxylic acids is 1. The van der Waals surface area contributed by atoms with Crippen molar-refractivity contribution in [3.8, 4) is 5.75 Å². The van der Waals surface area contributed by atoms with E-state index in [4.69, 9.17) is 4.74 Å². The van der Waals surface area contributed by atoms with Crippen LogP contribution < -0.4 is 9.64 Å². The maximum atomic E-state index is 12.9. The summed E-state index contributed by atoms with van der Waals surface area (Å²) < 4.78 is 5.11. The van der Waals surface area contributed by atoms with E-state index in [9.17, 15) is 14.7 Å². The van der Waals surface area contributed by atoms with E-state index < -0.39 is 11.9 Å². The number of carboxylic acid groups (broad SMARTS) is 1. The van der Waals surface area contributed by atoms with Gasteiger partial charge in [-0.3, -0.25) is 9.59 Å². The highest BCUT2D eigenvalue weighted by atomic mass is 16.5. The molecule has 0 radical (unpaired) electrons. The summed E-state index contributed by atoms with van der Waals surface area (Å²) >= 11 is 0. The molecule has 26 heavy (non-hydrogen) atoms. The van der Waals surface area contributed by atoms with Gasteiger partial charge in [-0.15, -0.1) is 0 Å². The first-order chi connectivity index (χ1) is 12.3. The summed E-state index contributed by atoms with van der Waals surface area (Å²) in [6.45, 7) is 4.74. The Morgan fingerprint density at radius 3 is 2.42 bits per heavy atom. The van der Waals surface area contributed by atoms with Crippen LogP contribution in [0.3, 0.4) is 0 Å². The SMILES string of the molecule is COc1ccc(C(CC(=O)N2CC(C)(C)c3ccccc32)C(=O)O)cc1. The van der Waals surface area contributed by atoms with Gasteiger partial charge in [-0.2, -0.15) is 0 Å². The molecule has 1 amide bonds. The number of rotatable bonds is 5. The number of methoxy groups -OCH3 is 1. The average molecular weight is 353 g/mol. The van der Waals surface area contributed by atoms with Gasteiger partial charge < -0.3 is 14.7 Å². The second kappa shape index (κ2) is 6.83. The van der Waals surface area contributed by atoms with Gasteiger partial charge in [0.25, 0.3) is 0 Å². The van der Waals surface area contributed by atoms with Gasteiger partial charge in [-0.1, -0.05) is 44.2 Å². The van der Waals surface area contributed by atoms with Gasteiger partial charge in [0.1, 0.15) is 5.75 Å². The van der Waals surface area contributed by atoms with Crippen LogP contribution in [-0.2, 0) is 15.0 Å². The number of hydrogen-bond donors (Lipinski definition) is 1. The molecular formula is C21H23NO4. The van der Waals surface area contributed by atoms with Crippen LogP contribution in [0, 0.1) is 0 Å². The summed E-state index contributed by atoms with van der Waals surface area (Å²) in [4.78, 5) is 26.4. The molecule has 0 aliphatic carbocycles. The molecule has 0 spiro atoms. The molecule has 1 aliphatic heterocycles. The molecule has 5 nitrogen and oxygen atoms in total. The standard InChI is InChI=1S/C21H23NO4/c1-21(2)13-22(18-7-5-4-6-17(18)21)19(23)12-16(20(24)25)14-8-10-15(26-3)11-9-14/h4-11,16H,12-13H2,1-3H3,(H,24,25). The molecule has 136 valence electrons. The zero-order valence-electron chi connectivity index (χ0n) is 15.2. The van der Waals surface area contributed by atoms with E-state index in [1.54, 1.807) is 36.3 Å². The Morgan fingerprint density at radius 1 is 1.15 bits per heavy atom. The number of carboxylic acids is 1. The topological polar surface area (TPSA) is 66.8 Å². The molecule has 1 aliphatic rings. The molecule has 0 bridgehead atoms. The maximum Gasteiger partial charge on any atom is 0.311 e. The Labute approximate surface area is 153 Å². The molecule has 2 aromatic carbocycles. The van der Waals surface area contributed by atoms with Gasteiger partial charge >= 0.3 is 5.97 Å². The van der Waals surface area contributed by atoms with Crippen molar-refractivity contribution < 1.29 is 19.4 Å². The van der Waals surface area contributed by atoms with Crippen molar-refractivity contribution in [2.24, 2.45) is 0 Å². The quantitative estimate of drug-likeness (QED) is 0.892. The van der Waals surface area contributed by atoms with Gasteiger partial charge in [0.05, 0.1) is 13.0 Å². The first-order valence-corrected chi connectivity index (χ1v) is 8.60. The summed E-state index contributed by atoms with van der Waals surface area (Å²) in [7, 11) is 1.56. The van der Waals surface area contributed by atoms with Crippen molar-refractivity contribution in [1.29, 1.82) is 0 Å². The van der Waals surface area contributed by atoms with Crippen molar-refractivity contribution in [2.75, 3.05) is 18.6 Å². The third-order valence-corrected chi connectivity index (χ3v) is 4.97. The van der Waals surface area contributed by atoms with Crippen LogP contribution in [0.5, 0.6) is 5.75 Å². The molecule has 5 heteroatoms. The first kappa shape index (κ1) is 18.0. The zero-order valence-corrected chi connectivity index (χ0v) is 15.2. The van der Waals surface area contributed by atoms with Crippen molar-refractivity contribution in [3.05, 3.63) is 59.7 Å². The number of amides is 1. The van der Waals surface area contributed by atoms with Crippen molar-refractivity contribution in [2.45, 2.75) is 31.6 Å². The molecule has 0 saturated carbocycles. The lowest BCUT2D eigenvalue weighted by Crippen LogP contribution is -2.35. The molecule has 3 rings (SSSR count). The number of nitrogens with zero attached hydrogens (tertiary/aromatic N) is 1. The summed E-state index contributed by atoms with van der Waals surface area (Å²) in [6, 6.07) is 14.6. The molecule has 1 unspecified atom stereocenters. The van der Waals surface area contributed by atoms with E-state index in [1.807, 2.05) is 24.3 Å². The smallest absolute Gasteiger partial charge is 0.311 e. The fraction of sp³-hybridized carbons (Fsp3) is 0.333. The first-order valence-electron chi connectivity index (χ1n) is 8.60. The third kappa shape index (κ3) is 3.29. The largest absolute Gasteiger partial charge is 0.497 e. The minimum Gasteiger partial charge on any atom is -0.497 e. The summed E-state index contributed by atoms with van der Waals surface area (Å²) in [5, 5.41) is 9.64. The van der Waals surface area contributed by atoms with Gasteiger partial charge in [0.2, 0.25) is 5.91 Å². The molecule has 0 aromatic heterocycles. The number of benzene rings is 2. The van der Waals surface area contributed by atoms with Crippen LogP contribution in [0.2, 0.25) is 0 Å². The lowest BCUT2D eigenvalue weighted by Gasteiger charge is -2.22. The van der Waals surface area contributed by atoms with E-state index in [0.717, 1.165) is 11.3 Å². The van der Waals surface area contributed by atoms with Gasteiger partial charge in [0, 0.05) is 24.1 Å². The minimum absolute atomic E-state index is 0.0773. The van der Waals surface area contributed by atoms with Crippen LogP contribution in [0.1, 0.15) is 37.3 Å². The van der Waals surface area contributed by atoms with Crippen LogP contribution in [0.25, 0.3) is 0 Å². The third-order valence-electron chi connectivity index (χ3n) is 4.97. The Balaban J connectivity index is 1.84. The lowest BCUT2D eigenvalue weighted by atomic mass is 9.87. The molecule has 1 heterocycles. The second-order valence-corrected chi connectivity index (χ2v) is 7.25. The second-order valence-electron chi connectivity index (χ2n) is 7.25. The monoisotopic (exact) mass is 353 g/mol. The Bertz CT molecular complexity index is 826. The molecule has 0 saturated heterocycles. The van der Waals surface area contributed by atoms with Crippen molar-refractivity contribution in [3.63, 3.8) is 0 Å². The zero-order chi connectivity index (χ0) is 18.9. The molecule has 1 N–H and O–H groups in total. The summed E-state index contributed by atoms with van der Waals surface area (Å²) in [6.07, 6.45) is -0.0773. The Hall–Kier alpha value is -2.82. The van der Waals surface area contributed by atoms with Crippen LogP contribution in [0.15, 0.2) is 48.5 Å². The average Bonchev–Trinajstić information content (AvgIpc) is 2.91. The molecule has 0 fully saturated rings. The number of carbonyl (C=O) groups is 2. The molecule has 2 aromatic rings. The normalized spacial score (nSPS) is 16.0. The fourth-order valence-corrected chi connectivity index (χ4v) is 3.54. The van der Waals surface area contributed by atoms with Crippen molar-refractivity contribution >= 4 is 17.6 Å². The van der Waals surface area contributed by atoms with E-state index >= 15 is 0 Å². The van der Waals surface area contributed by atoms with Gasteiger partial charge in [0.15, 0.2) is 0 Å². The van der Waals surface area contributed by atoms with E-state index in [2.05, 4.69) is 13.8 Å². The number of para-hydroxylation sites is 1. The van der Waals surface area contributed by atoms with Crippen LogP contribution in [-0.4, -0.2) is 30.6 Å². The number of anilines is 1. The predicted octanol–water partition coefficient (Wildman–Crippen LogP) is 3.58. The molecular weight excluding hydrogens is 330 g/mol. The minimum atomic E-state index is -1.00. The predicted molar refractivity (Wildman–Crippen MR) is 99.8 cm³/mol. The van der Waals surface area contributed by atoms with Gasteiger partial charge in [-0.25, -0.2) is 0 Å². The lowest BCUT2D eigenvalue weighted by molar-refractivity contribution is -0.140. The van der Waals surface area contributed by atoms with Crippen LogP contribution in [0.4, 0.5) is 5.69 Å². The Morgan fingerprint density at radius 2 is 1.81 bits per heavy atom. The summed E-state index contributed by atoms with van der Waals surface area (Å²) in [5.41, 5.74) is 2.44.